The Bertz CT molecular complexity index is 7070. The van der Waals surface area contributed by atoms with E-state index in [4.69, 9.17) is 9.97 Å². The Morgan fingerprint density at radius 3 is 1.03 bits per heavy atom. The molecule has 0 N–H and O–H groups in total. The van der Waals surface area contributed by atoms with Gasteiger partial charge in [0.15, 0.2) is 11.6 Å². The van der Waals surface area contributed by atoms with E-state index in [0.717, 1.165) is 172 Å². The van der Waals surface area contributed by atoms with E-state index in [9.17, 15) is 0 Å². The van der Waals surface area contributed by atoms with Crippen molar-refractivity contribution >= 4 is 109 Å². The maximum Gasteiger partial charge on any atom is 0.165 e. The van der Waals surface area contributed by atoms with Crippen LogP contribution < -0.4 is 0 Å². The molecule has 7 heteroatoms. The summed E-state index contributed by atoms with van der Waals surface area (Å²) in [5.41, 5.74) is 27.4. The lowest BCUT2D eigenvalue weighted by molar-refractivity contribution is 0.961. The van der Waals surface area contributed by atoms with E-state index < -0.39 is 0 Å². The van der Waals surface area contributed by atoms with Gasteiger partial charge in [-0.1, -0.05) is 247 Å². The molecule has 0 amide bonds. The first-order valence-electron chi connectivity index (χ1n) is 35.8. The lowest BCUT2D eigenvalue weighted by Crippen LogP contribution is -2.16. The van der Waals surface area contributed by atoms with E-state index in [1.54, 1.807) is 0 Å². The predicted molar refractivity (Wildman–Crippen MR) is 435 cm³/mol. The molecule has 0 aliphatic carbocycles. The minimum absolute atomic E-state index is 0.766. The largest absolute Gasteiger partial charge is 0.309 e. The molecule has 0 atom stereocenters. The Labute approximate surface area is 599 Å². The number of aryl methyl sites for hydroxylation is 3. The molecular formula is C97H65N7. The zero-order chi connectivity index (χ0) is 68.8. The van der Waals surface area contributed by atoms with Crippen molar-refractivity contribution in [2.24, 2.45) is 0 Å². The van der Waals surface area contributed by atoms with Gasteiger partial charge >= 0.3 is 0 Å². The van der Waals surface area contributed by atoms with Crippen LogP contribution in [0.25, 0.3) is 194 Å². The summed E-state index contributed by atoms with van der Waals surface area (Å²) in [5.74, 6) is 1.54. The topological polar surface area (TPSA) is 50.4 Å². The van der Waals surface area contributed by atoms with Gasteiger partial charge in [0.1, 0.15) is 11.4 Å². The zero-order valence-electron chi connectivity index (χ0n) is 57.5. The molecule has 104 heavy (non-hydrogen) atoms. The van der Waals surface area contributed by atoms with Gasteiger partial charge in [0.2, 0.25) is 0 Å². The number of nitrogens with zero attached hydrogens (tertiary/aromatic N) is 7. The van der Waals surface area contributed by atoms with Crippen LogP contribution in [-0.2, 0) is 0 Å². The number of fused-ring (bicyclic) bond motifs is 15. The summed E-state index contributed by atoms with van der Waals surface area (Å²) < 4.78 is 12.5. The average Bonchev–Trinajstić information content (AvgIpc) is 1.53. The van der Waals surface area contributed by atoms with E-state index in [2.05, 4.69) is 383 Å². The molecule has 21 aromatic rings. The second-order valence-electron chi connectivity index (χ2n) is 27.8. The third-order valence-electron chi connectivity index (χ3n) is 21.7. The van der Waals surface area contributed by atoms with Crippen LogP contribution in [0.15, 0.2) is 340 Å². The van der Waals surface area contributed by atoms with Crippen LogP contribution in [0.5, 0.6) is 0 Å². The summed E-state index contributed by atoms with van der Waals surface area (Å²) in [7, 11) is 0. The van der Waals surface area contributed by atoms with Crippen LogP contribution >= 0.6 is 0 Å². The SMILES string of the molecule is Cc1ccc2c(c1)c1ccccc1n2-c1nc(-n2c3ccccc3c3cc(-c4ccc(-n5c6ccccc6c6ccccc65)cc4)ccc32)c(-n2c3ccccc3c3cc(C)ccc32)c(-c2ccccc2-c2ccc(-c3ccccc3)nc2-c2ccccc2)c1-n1c2ccccc2c2cc(C)ccc21. The molecule has 0 bridgehead atoms. The summed E-state index contributed by atoms with van der Waals surface area (Å²) in [6.07, 6.45) is 0. The lowest BCUT2D eigenvalue weighted by atomic mass is 9.89. The fraction of sp³-hybridized carbons (Fsp3) is 0.0309. The van der Waals surface area contributed by atoms with Crippen molar-refractivity contribution in [2.45, 2.75) is 20.8 Å². The third-order valence-corrected chi connectivity index (χ3v) is 21.7. The highest BCUT2D eigenvalue weighted by Crippen LogP contribution is 2.52. The fourth-order valence-corrected chi connectivity index (χ4v) is 17.1. The Hall–Kier alpha value is -13.6. The molecule has 0 unspecified atom stereocenters. The molecule has 0 aliphatic rings. The molecule has 7 nitrogen and oxygen atoms in total. The van der Waals surface area contributed by atoms with Crippen molar-refractivity contribution < 1.29 is 0 Å². The molecule has 488 valence electrons. The summed E-state index contributed by atoms with van der Waals surface area (Å²) in [6.45, 7) is 6.61. The number of rotatable bonds is 10. The van der Waals surface area contributed by atoms with Gasteiger partial charge in [0.25, 0.3) is 0 Å². The molecule has 21 rings (SSSR count). The highest BCUT2D eigenvalue weighted by atomic mass is 15.2. The molecule has 0 saturated carbocycles. The van der Waals surface area contributed by atoms with Crippen molar-refractivity contribution in [3.8, 4) is 84.6 Å². The van der Waals surface area contributed by atoms with Gasteiger partial charge in [-0.05, 0) is 152 Å². The molecular weight excluding hydrogens is 1260 g/mol. The number of hydrogen-bond acceptors (Lipinski definition) is 2. The van der Waals surface area contributed by atoms with Gasteiger partial charge in [-0.3, -0.25) is 9.13 Å². The van der Waals surface area contributed by atoms with Gasteiger partial charge < -0.3 is 13.7 Å². The Morgan fingerprint density at radius 2 is 0.558 bits per heavy atom. The quantitative estimate of drug-likeness (QED) is 0.137. The maximum absolute atomic E-state index is 6.68. The second-order valence-corrected chi connectivity index (χ2v) is 27.8. The van der Waals surface area contributed by atoms with E-state index in [1.165, 1.54) is 38.5 Å². The van der Waals surface area contributed by atoms with Crippen LogP contribution in [0.3, 0.4) is 0 Å². The number of hydrogen-bond donors (Lipinski definition) is 0. The molecule has 14 aromatic carbocycles. The van der Waals surface area contributed by atoms with Gasteiger partial charge in [-0.2, -0.15) is 0 Å². The minimum atomic E-state index is 0.766. The number of para-hydroxylation sites is 6. The molecule has 7 heterocycles. The van der Waals surface area contributed by atoms with Crippen molar-refractivity contribution in [1.82, 2.24) is 32.8 Å². The zero-order valence-corrected chi connectivity index (χ0v) is 57.5. The number of pyridine rings is 2. The van der Waals surface area contributed by atoms with Crippen LogP contribution in [0, 0.1) is 20.8 Å². The molecule has 0 saturated heterocycles. The van der Waals surface area contributed by atoms with Crippen LogP contribution in [0.2, 0.25) is 0 Å². The normalized spacial score (nSPS) is 12.0. The number of benzene rings is 14. The summed E-state index contributed by atoms with van der Waals surface area (Å²) in [5, 5.41) is 11.6. The molecule has 7 aromatic heterocycles. The van der Waals surface area contributed by atoms with Crippen molar-refractivity contribution in [1.29, 1.82) is 0 Å². The van der Waals surface area contributed by atoms with E-state index in [0.29, 0.717) is 0 Å². The number of aromatic nitrogens is 7. The Balaban J connectivity index is 0.952. The predicted octanol–water partition coefficient (Wildman–Crippen LogP) is 25.2. The smallest absolute Gasteiger partial charge is 0.165 e. The van der Waals surface area contributed by atoms with Crippen molar-refractivity contribution in [3.05, 3.63) is 356 Å². The monoisotopic (exact) mass is 1330 g/mol. The molecule has 0 fully saturated rings. The van der Waals surface area contributed by atoms with Crippen molar-refractivity contribution in [3.63, 3.8) is 0 Å². The second kappa shape index (κ2) is 23.2. The third kappa shape index (κ3) is 8.96. The van der Waals surface area contributed by atoms with Crippen LogP contribution in [-0.4, -0.2) is 32.8 Å². The summed E-state index contributed by atoms with van der Waals surface area (Å²) in [6, 6.07) is 125. The maximum atomic E-state index is 6.68. The van der Waals surface area contributed by atoms with Gasteiger partial charge in [-0.15, -0.1) is 0 Å². The highest BCUT2D eigenvalue weighted by molar-refractivity contribution is 6.17. The highest BCUT2D eigenvalue weighted by Gasteiger charge is 2.34. The Morgan fingerprint density at radius 1 is 0.212 bits per heavy atom. The first-order chi connectivity index (χ1) is 51.4. The molecule has 0 spiro atoms. The van der Waals surface area contributed by atoms with Gasteiger partial charge in [-0.25, -0.2) is 9.97 Å². The van der Waals surface area contributed by atoms with E-state index in [1.807, 2.05) is 0 Å². The fourth-order valence-electron chi connectivity index (χ4n) is 17.1. The average molecular weight is 1330 g/mol. The summed E-state index contributed by atoms with van der Waals surface area (Å²) in [4.78, 5) is 12.4. The van der Waals surface area contributed by atoms with Gasteiger partial charge in [0.05, 0.1) is 66.6 Å². The van der Waals surface area contributed by atoms with E-state index >= 15 is 0 Å². The Kier molecular flexibility index (Phi) is 13.2. The van der Waals surface area contributed by atoms with Crippen LogP contribution in [0.1, 0.15) is 16.7 Å². The first kappa shape index (κ1) is 59.3. The van der Waals surface area contributed by atoms with E-state index in [-0.39, 0.29) is 0 Å². The van der Waals surface area contributed by atoms with Crippen LogP contribution in [0.4, 0.5) is 0 Å². The standard InChI is InChI=1S/C97H65N7/c1-60-42-52-88-77(56-60)71-31-14-20-38-84(71)101(88)94-92(75-35-11-10-28-68(75)76-50-51-81(64-24-6-4-7-25-64)98-93(76)65-26-8-5-9-27-65)95(102-85-39-21-15-32-72(85)78-57-61(2)43-53-89(78)102)97(99-96(94)103-86-40-22-16-33-73(86)79-58-62(3)44-54-90(79)103)104-87-41-23-17-34-74(87)80-59-66(47-55-91(80)104)63-45-48-67(49-46-63)100-82-36-18-12-29-69(82)70-30-13-19-37-83(70)100/h4-59H,1-3H3. The minimum Gasteiger partial charge on any atom is -0.309 e. The van der Waals surface area contributed by atoms with Gasteiger partial charge in [0, 0.05) is 81.8 Å². The summed E-state index contributed by atoms with van der Waals surface area (Å²) >= 11 is 0. The lowest BCUT2D eigenvalue weighted by Gasteiger charge is -2.28. The molecule has 0 aliphatic heterocycles. The molecule has 0 radical (unpaired) electrons. The first-order valence-corrected chi connectivity index (χ1v) is 35.8. The van der Waals surface area contributed by atoms with Crippen molar-refractivity contribution in [2.75, 3.05) is 0 Å².